The molecule has 0 aromatic heterocycles. The molecule has 0 saturated heterocycles. The van der Waals surface area contributed by atoms with Gasteiger partial charge in [-0.1, -0.05) is 66.7 Å². The van der Waals surface area contributed by atoms with Gasteiger partial charge in [-0.15, -0.1) is 0 Å². The Kier molecular flexibility index (Phi) is 3.30. The number of nitrogens with zero attached hydrogens (tertiary/aromatic N) is 1. The number of rotatable bonds is 2. The highest BCUT2D eigenvalue weighted by Crippen LogP contribution is 2.33. The zero-order valence-electron chi connectivity index (χ0n) is 13.7. The van der Waals surface area contributed by atoms with Gasteiger partial charge >= 0.3 is 0 Å². The normalized spacial score (nSPS) is 16.0. The van der Waals surface area contributed by atoms with Crippen LogP contribution in [-0.2, 0) is 12.8 Å². The molecule has 3 aromatic carbocycles. The van der Waals surface area contributed by atoms with E-state index in [0.717, 1.165) is 12.8 Å². The van der Waals surface area contributed by atoms with E-state index >= 15 is 0 Å². The van der Waals surface area contributed by atoms with E-state index in [4.69, 9.17) is 4.99 Å². The van der Waals surface area contributed by atoms with Crippen LogP contribution < -0.4 is 0 Å². The number of aliphatic imine (C=N–C) groups is 1. The Morgan fingerprint density at radius 1 is 0.870 bits per heavy atom. The first-order valence-electron chi connectivity index (χ1n) is 8.26. The number of fused-ring (bicyclic) bond motifs is 3. The Labute approximate surface area is 137 Å². The van der Waals surface area contributed by atoms with Gasteiger partial charge in [0.15, 0.2) is 0 Å². The maximum Gasteiger partial charge on any atom is 0.0596 e. The molecule has 3 aromatic rings. The van der Waals surface area contributed by atoms with Crippen LogP contribution in [-0.4, -0.2) is 11.3 Å². The van der Waals surface area contributed by atoms with Crippen LogP contribution in [0, 0.1) is 0 Å². The molecule has 0 N–H and O–H groups in total. The quantitative estimate of drug-likeness (QED) is 0.616. The lowest BCUT2D eigenvalue weighted by atomic mass is 9.82. The van der Waals surface area contributed by atoms with Gasteiger partial charge < -0.3 is 0 Å². The molecule has 0 aliphatic carbocycles. The molecule has 1 aliphatic heterocycles. The van der Waals surface area contributed by atoms with Crippen molar-refractivity contribution < 1.29 is 0 Å². The van der Waals surface area contributed by atoms with Crippen LogP contribution in [0.2, 0.25) is 0 Å². The number of hydrogen-bond acceptors (Lipinski definition) is 1. The summed E-state index contributed by atoms with van der Waals surface area (Å²) in [5, 5.41) is 2.70. The number of hydrogen-bond donors (Lipinski definition) is 0. The predicted molar refractivity (Wildman–Crippen MR) is 98.4 cm³/mol. The van der Waals surface area contributed by atoms with E-state index in [1.54, 1.807) is 0 Å². The van der Waals surface area contributed by atoms with Crippen LogP contribution in [0.5, 0.6) is 0 Å². The molecule has 4 rings (SSSR count). The SMILES string of the molecule is CC1(C)Cc2c(ccc3ccccc23)C(Cc2ccccc2)=N1. The highest BCUT2D eigenvalue weighted by molar-refractivity contribution is 6.08. The van der Waals surface area contributed by atoms with Gasteiger partial charge in [0.25, 0.3) is 0 Å². The molecule has 0 unspecified atom stereocenters. The first-order chi connectivity index (χ1) is 11.1. The molecule has 0 bridgehead atoms. The molecule has 1 nitrogen and oxygen atoms in total. The van der Waals surface area contributed by atoms with Crippen LogP contribution in [0.4, 0.5) is 0 Å². The zero-order valence-corrected chi connectivity index (χ0v) is 13.7. The summed E-state index contributed by atoms with van der Waals surface area (Å²) in [7, 11) is 0. The van der Waals surface area contributed by atoms with E-state index in [-0.39, 0.29) is 5.54 Å². The third kappa shape index (κ3) is 2.68. The van der Waals surface area contributed by atoms with Crippen molar-refractivity contribution >= 4 is 16.5 Å². The second-order valence-electron chi connectivity index (χ2n) is 7.02. The monoisotopic (exact) mass is 299 g/mol. The van der Waals surface area contributed by atoms with E-state index in [0.29, 0.717) is 0 Å². The topological polar surface area (TPSA) is 12.4 Å². The maximum atomic E-state index is 5.07. The predicted octanol–water partition coefficient (Wildman–Crippen LogP) is 5.21. The molecule has 0 amide bonds. The van der Waals surface area contributed by atoms with Gasteiger partial charge in [0.1, 0.15) is 0 Å². The first kappa shape index (κ1) is 14.2. The number of benzene rings is 3. The van der Waals surface area contributed by atoms with Crippen LogP contribution >= 0.6 is 0 Å². The third-order valence-electron chi connectivity index (χ3n) is 4.61. The summed E-state index contributed by atoms with van der Waals surface area (Å²) in [6.07, 6.45) is 1.90. The first-order valence-corrected chi connectivity index (χ1v) is 8.26. The Hall–Kier alpha value is -2.41. The fraction of sp³-hybridized carbons (Fsp3) is 0.227. The Morgan fingerprint density at radius 3 is 2.43 bits per heavy atom. The van der Waals surface area contributed by atoms with Crippen LogP contribution in [0.25, 0.3) is 10.8 Å². The molecule has 0 fully saturated rings. The van der Waals surface area contributed by atoms with Crippen molar-refractivity contribution in [2.45, 2.75) is 32.2 Å². The van der Waals surface area contributed by atoms with Gasteiger partial charge in [-0.05, 0) is 47.7 Å². The molecule has 23 heavy (non-hydrogen) atoms. The van der Waals surface area contributed by atoms with Crippen molar-refractivity contribution in [2.24, 2.45) is 4.99 Å². The molecule has 114 valence electrons. The third-order valence-corrected chi connectivity index (χ3v) is 4.61. The van der Waals surface area contributed by atoms with Gasteiger partial charge in [0.05, 0.1) is 5.54 Å². The highest BCUT2D eigenvalue weighted by Gasteiger charge is 2.27. The van der Waals surface area contributed by atoms with E-state index in [9.17, 15) is 0 Å². The van der Waals surface area contributed by atoms with Crippen LogP contribution in [0.3, 0.4) is 0 Å². The molecule has 1 heterocycles. The fourth-order valence-corrected chi connectivity index (χ4v) is 3.62. The second-order valence-corrected chi connectivity index (χ2v) is 7.02. The van der Waals surface area contributed by atoms with Gasteiger partial charge in [-0.2, -0.15) is 0 Å². The molecule has 0 saturated carbocycles. The Bertz CT molecular complexity index is 888. The minimum Gasteiger partial charge on any atom is -0.282 e. The Balaban J connectivity index is 1.87. The molecular formula is C22H21N. The largest absolute Gasteiger partial charge is 0.282 e. The molecule has 0 spiro atoms. The summed E-state index contributed by atoms with van der Waals surface area (Å²) in [6, 6.07) is 23.8. The highest BCUT2D eigenvalue weighted by atomic mass is 14.9. The van der Waals surface area contributed by atoms with Crippen molar-refractivity contribution in [1.82, 2.24) is 0 Å². The average molecular weight is 299 g/mol. The second kappa shape index (κ2) is 5.34. The zero-order chi connectivity index (χ0) is 15.9. The van der Waals surface area contributed by atoms with E-state index in [1.165, 1.54) is 33.2 Å². The van der Waals surface area contributed by atoms with Crippen molar-refractivity contribution in [1.29, 1.82) is 0 Å². The van der Waals surface area contributed by atoms with Crippen LogP contribution in [0.15, 0.2) is 71.7 Å². The smallest absolute Gasteiger partial charge is 0.0596 e. The van der Waals surface area contributed by atoms with Crippen molar-refractivity contribution in [2.75, 3.05) is 0 Å². The lowest BCUT2D eigenvalue weighted by Crippen LogP contribution is -2.30. The molecule has 0 atom stereocenters. The summed E-state index contributed by atoms with van der Waals surface area (Å²) < 4.78 is 0. The van der Waals surface area contributed by atoms with Crippen molar-refractivity contribution in [3.05, 3.63) is 83.4 Å². The molecule has 1 aliphatic rings. The Morgan fingerprint density at radius 2 is 1.61 bits per heavy atom. The fourth-order valence-electron chi connectivity index (χ4n) is 3.62. The van der Waals surface area contributed by atoms with Crippen molar-refractivity contribution in [3.63, 3.8) is 0 Å². The molecular weight excluding hydrogens is 278 g/mol. The van der Waals surface area contributed by atoms with Gasteiger partial charge in [-0.25, -0.2) is 0 Å². The molecule has 1 heteroatoms. The van der Waals surface area contributed by atoms with Gasteiger partial charge in [0, 0.05) is 12.1 Å². The summed E-state index contributed by atoms with van der Waals surface area (Å²) >= 11 is 0. The lowest BCUT2D eigenvalue weighted by molar-refractivity contribution is 0.514. The standard InChI is InChI=1S/C22H21N/c1-22(2)15-20-18-11-7-6-10-17(18)12-13-19(20)21(23-22)14-16-8-4-3-5-9-16/h3-13H,14-15H2,1-2H3. The van der Waals surface area contributed by atoms with E-state index in [1.807, 2.05) is 0 Å². The minimum atomic E-state index is -0.0404. The summed E-state index contributed by atoms with van der Waals surface area (Å²) in [5.74, 6) is 0. The van der Waals surface area contributed by atoms with E-state index < -0.39 is 0 Å². The summed E-state index contributed by atoms with van der Waals surface area (Å²) in [4.78, 5) is 5.07. The van der Waals surface area contributed by atoms with Gasteiger partial charge in [-0.3, -0.25) is 4.99 Å². The van der Waals surface area contributed by atoms with Crippen molar-refractivity contribution in [3.8, 4) is 0 Å². The van der Waals surface area contributed by atoms with Gasteiger partial charge in [0.2, 0.25) is 0 Å². The maximum absolute atomic E-state index is 5.07. The molecule has 0 radical (unpaired) electrons. The van der Waals surface area contributed by atoms with Crippen LogP contribution in [0.1, 0.15) is 30.5 Å². The average Bonchev–Trinajstić information content (AvgIpc) is 2.55. The summed E-state index contributed by atoms with van der Waals surface area (Å²) in [5.41, 5.74) is 5.28. The lowest BCUT2D eigenvalue weighted by Gasteiger charge is -2.30. The minimum absolute atomic E-state index is 0.0404. The summed E-state index contributed by atoms with van der Waals surface area (Å²) in [6.45, 7) is 4.48. The van der Waals surface area contributed by atoms with E-state index in [2.05, 4.69) is 80.6 Å².